The molecule has 5 nitrogen and oxygen atoms in total. The normalized spacial score (nSPS) is 14.5. The molecule has 100 valence electrons. The minimum Gasteiger partial charge on any atom is -0.481 e. The van der Waals surface area contributed by atoms with Gasteiger partial charge in [0.15, 0.2) is 0 Å². The van der Waals surface area contributed by atoms with E-state index in [4.69, 9.17) is 5.11 Å². The third-order valence-electron chi connectivity index (χ3n) is 2.34. The molecule has 0 fully saturated rings. The summed E-state index contributed by atoms with van der Waals surface area (Å²) in [6, 6.07) is 0. The van der Waals surface area contributed by atoms with Crippen LogP contribution in [0.3, 0.4) is 0 Å². The Bertz CT molecular complexity index is 263. The third-order valence-corrected chi connectivity index (χ3v) is 2.34. The second-order valence-electron chi connectivity index (χ2n) is 4.98. The van der Waals surface area contributed by atoms with Crippen LogP contribution in [-0.2, 0) is 9.59 Å². The topological polar surface area (TPSA) is 77.8 Å². The van der Waals surface area contributed by atoms with Gasteiger partial charge in [-0.25, -0.2) is 0 Å². The largest absolute Gasteiger partial charge is 0.481 e. The van der Waals surface area contributed by atoms with Crippen LogP contribution in [0.2, 0.25) is 0 Å². The van der Waals surface area contributed by atoms with Gasteiger partial charge in [-0.3, -0.25) is 9.59 Å². The van der Waals surface area contributed by atoms with E-state index in [0.717, 1.165) is 0 Å². The van der Waals surface area contributed by atoms with Crippen molar-refractivity contribution in [2.75, 3.05) is 13.1 Å². The fraction of sp³-hybridized carbons (Fsp3) is 0.833. The molecule has 0 aromatic rings. The molecule has 0 bridgehead atoms. The number of amides is 1. The number of nitrogens with zero attached hydrogens (tertiary/aromatic N) is 1. The van der Waals surface area contributed by atoms with Crippen LogP contribution >= 0.6 is 0 Å². The first-order valence-electron chi connectivity index (χ1n) is 5.92. The van der Waals surface area contributed by atoms with Gasteiger partial charge in [0.2, 0.25) is 5.91 Å². The fourth-order valence-corrected chi connectivity index (χ4v) is 1.48. The van der Waals surface area contributed by atoms with Gasteiger partial charge in [-0.2, -0.15) is 0 Å². The second kappa shape index (κ2) is 7.27. The number of carbonyl (C=O) groups is 2. The lowest BCUT2D eigenvalue weighted by Gasteiger charge is -2.26. The summed E-state index contributed by atoms with van der Waals surface area (Å²) in [4.78, 5) is 24.1. The van der Waals surface area contributed by atoms with Gasteiger partial charge in [0, 0.05) is 19.5 Å². The van der Waals surface area contributed by atoms with Crippen molar-refractivity contribution in [2.24, 2.45) is 11.8 Å². The molecule has 17 heavy (non-hydrogen) atoms. The summed E-state index contributed by atoms with van der Waals surface area (Å²) in [5.41, 5.74) is 0. The predicted octanol–water partition coefficient (Wildman–Crippen LogP) is 0.963. The van der Waals surface area contributed by atoms with Gasteiger partial charge >= 0.3 is 5.97 Å². The van der Waals surface area contributed by atoms with Crippen molar-refractivity contribution in [3.63, 3.8) is 0 Å². The zero-order valence-corrected chi connectivity index (χ0v) is 11.0. The Morgan fingerprint density at radius 1 is 1.12 bits per heavy atom. The molecule has 0 heterocycles. The van der Waals surface area contributed by atoms with Gasteiger partial charge in [0.1, 0.15) is 0 Å². The second-order valence-corrected chi connectivity index (χ2v) is 4.98. The van der Waals surface area contributed by atoms with Crippen molar-refractivity contribution in [1.29, 1.82) is 0 Å². The number of rotatable bonds is 7. The highest BCUT2D eigenvalue weighted by Crippen LogP contribution is 2.08. The predicted molar refractivity (Wildman–Crippen MR) is 64.5 cm³/mol. The quantitative estimate of drug-likeness (QED) is 0.700. The zero-order valence-electron chi connectivity index (χ0n) is 11.0. The SMILES string of the molecule is CC(C)CC(=O)N(CC(C)O)CC(C)C(=O)O. The van der Waals surface area contributed by atoms with Crippen molar-refractivity contribution in [3.8, 4) is 0 Å². The number of aliphatic carboxylic acids is 1. The van der Waals surface area contributed by atoms with Crippen LogP contribution in [0, 0.1) is 11.8 Å². The van der Waals surface area contributed by atoms with Crippen LogP contribution < -0.4 is 0 Å². The number of carboxylic acids is 1. The van der Waals surface area contributed by atoms with Gasteiger partial charge < -0.3 is 15.1 Å². The van der Waals surface area contributed by atoms with Gasteiger partial charge in [-0.05, 0) is 12.8 Å². The first-order valence-corrected chi connectivity index (χ1v) is 5.92. The number of carboxylic acid groups (broad SMARTS) is 1. The molecule has 2 atom stereocenters. The molecule has 5 heteroatoms. The summed E-state index contributed by atoms with van der Waals surface area (Å²) in [5, 5.41) is 18.1. The Hall–Kier alpha value is -1.10. The molecule has 0 spiro atoms. The summed E-state index contributed by atoms with van der Waals surface area (Å²) in [6.45, 7) is 7.33. The highest BCUT2D eigenvalue weighted by molar-refractivity contribution is 5.77. The Morgan fingerprint density at radius 3 is 2.00 bits per heavy atom. The number of hydrogen-bond donors (Lipinski definition) is 2. The Kier molecular flexibility index (Phi) is 6.80. The lowest BCUT2D eigenvalue weighted by Crippen LogP contribution is -2.41. The molecule has 0 radical (unpaired) electrons. The standard InChI is InChI=1S/C12H23NO4/c1-8(2)5-11(15)13(7-10(4)14)6-9(3)12(16)17/h8-10,14H,5-7H2,1-4H3,(H,16,17). The summed E-state index contributed by atoms with van der Waals surface area (Å²) in [6.07, 6.45) is -0.272. The molecular formula is C12H23NO4. The van der Waals surface area contributed by atoms with Gasteiger partial charge in [0.05, 0.1) is 12.0 Å². The first-order chi connectivity index (χ1) is 7.73. The Labute approximate surface area is 102 Å². The van der Waals surface area contributed by atoms with Crippen molar-refractivity contribution in [3.05, 3.63) is 0 Å². The molecule has 0 aliphatic rings. The molecule has 0 saturated carbocycles. The molecular weight excluding hydrogens is 222 g/mol. The van der Waals surface area contributed by atoms with Crippen LogP contribution in [0.5, 0.6) is 0 Å². The van der Waals surface area contributed by atoms with Crippen LogP contribution in [0.15, 0.2) is 0 Å². The zero-order chi connectivity index (χ0) is 13.6. The van der Waals surface area contributed by atoms with E-state index in [9.17, 15) is 14.7 Å². The van der Waals surface area contributed by atoms with Gasteiger partial charge in [-0.1, -0.05) is 20.8 Å². The average Bonchev–Trinajstić information content (AvgIpc) is 2.14. The van der Waals surface area contributed by atoms with E-state index in [1.807, 2.05) is 13.8 Å². The maximum absolute atomic E-state index is 11.9. The van der Waals surface area contributed by atoms with Crippen LogP contribution in [-0.4, -0.2) is 46.2 Å². The third kappa shape index (κ3) is 6.94. The molecule has 0 saturated heterocycles. The lowest BCUT2D eigenvalue weighted by atomic mass is 10.1. The molecule has 2 unspecified atom stereocenters. The van der Waals surface area contributed by atoms with E-state index in [1.54, 1.807) is 13.8 Å². The maximum atomic E-state index is 11.9. The van der Waals surface area contributed by atoms with E-state index in [1.165, 1.54) is 4.90 Å². The fourth-order valence-electron chi connectivity index (χ4n) is 1.48. The highest BCUT2D eigenvalue weighted by Gasteiger charge is 2.22. The maximum Gasteiger partial charge on any atom is 0.308 e. The summed E-state index contributed by atoms with van der Waals surface area (Å²) in [7, 11) is 0. The summed E-state index contributed by atoms with van der Waals surface area (Å²) < 4.78 is 0. The van der Waals surface area contributed by atoms with Gasteiger partial charge in [0.25, 0.3) is 0 Å². The molecule has 0 rings (SSSR count). The van der Waals surface area contributed by atoms with Crippen molar-refractivity contribution >= 4 is 11.9 Å². The molecule has 0 aliphatic carbocycles. The monoisotopic (exact) mass is 245 g/mol. The average molecular weight is 245 g/mol. The Morgan fingerprint density at radius 2 is 1.65 bits per heavy atom. The molecule has 0 aromatic heterocycles. The first kappa shape index (κ1) is 15.9. The van der Waals surface area contributed by atoms with Crippen molar-refractivity contribution in [1.82, 2.24) is 4.90 Å². The van der Waals surface area contributed by atoms with E-state index in [-0.39, 0.29) is 24.9 Å². The summed E-state index contributed by atoms with van der Waals surface area (Å²) >= 11 is 0. The van der Waals surface area contributed by atoms with Crippen LogP contribution in [0.4, 0.5) is 0 Å². The Balaban J connectivity index is 4.52. The summed E-state index contributed by atoms with van der Waals surface area (Å²) in [5.74, 6) is -1.43. The minimum atomic E-state index is -0.932. The number of hydrogen-bond acceptors (Lipinski definition) is 3. The molecule has 2 N–H and O–H groups in total. The number of aliphatic hydroxyl groups is 1. The van der Waals surface area contributed by atoms with Crippen LogP contribution in [0.25, 0.3) is 0 Å². The minimum absolute atomic E-state index is 0.103. The highest BCUT2D eigenvalue weighted by atomic mass is 16.4. The number of aliphatic hydroxyl groups excluding tert-OH is 1. The molecule has 1 amide bonds. The van der Waals surface area contributed by atoms with E-state index in [2.05, 4.69) is 0 Å². The molecule has 0 aliphatic heterocycles. The van der Waals surface area contributed by atoms with Gasteiger partial charge in [-0.15, -0.1) is 0 Å². The molecule has 0 aromatic carbocycles. The number of carbonyl (C=O) groups excluding carboxylic acids is 1. The smallest absolute Gasteiger partial charge is 0.308 e. The lowest BCUT2D eigenvalue weighted by molar-refractivity contribution is -0.143. The van der Waals surface area contributed by atoms with Crippen molar-refractivity contribution < 1.29 is 19.8 Å². The van der Waals surface area contributed by atoms with Crippen LogP contribution in [0.1, 0.15) is 34.1 Å². The van der Waals surface area contributed by atoms with E-state index in [0.29, 0.717) is 6.42 Å². The van der Waals surface area contributed by atoms with Crippen molar-refractivity contribution in [2.45, 2.75) is 40.2 Å². The van der Waals surface area contributed by atoms with E-state index >= 15 is 0 Å². The van der Waals surface area contributed by atoms with E-state index < -0.39 is 18.0 Å².